The molecule has 1 aliphatic heterocycles. The molecule has 1 amide bonds. The molecule has 0 saturated carbocycles. The fraction of sp³-hybridized carbons (Fsp3) is 0.423. The van der Waals surface area contributed by atoms with Gasteiger partial charge in [0.25, 0.3) is 0 Å². The number of amides is 1. The second-order valence-electron chi connectivity index (χ2n) is 8.83. The Balaban J connectivity index is 1.27. The lowest BCUT2D eigenvalue weighted by Gasteiger charge is -2.31. The van der Waals surface area contributed by atoms with Crippen molar-refractivity contribution in [2.45, 2.75) is 39.3 Å². The van der Waals surface area contributed by atoms with Gasteiger partial charge in [-0.3, -0.25) is 9.69 Å². The molecule has 2 atom stereocenters. The van der Waals surface area contributed by atoms with Crippen LogP contribution in [0.1, 0.15) is 31.2 Å². The first-order chi connectivity index (χ1) is 16.5. The third-order valence-corrected chi connectivity index (χ3v) is 5.93. The molecule has 8 nitrogen and oxygen atoms in total. The minimum Gasteiger partial charge on any atom is -0.493 e. The highest BCUT2D eigenvalue weighted by Crippen LogP contribution is 2.26. The lowest BCUT2D eigenvalue weighted by molar-refractivity contribution is -0.127. The van der Waals surface area contributed by atoms with E-state index in [1.165, 1.54) is 0 Å². The van der Waals surface area contributed by atoms with E-state index in [1.54, 1.807) is 7.11 Å². The molecular formula is C26H32N4O4. The van der Waals surface area contributed by atoms with E-state index in [9.17, 15) is 4.79 Å². The summed E-state index contributed by atoms with van der Waals surface area (Å²) in [5.41, 5.74) is 2.09. The van der Waals surface area contributed by atoms with Crippen LogP contribution in [0.5, 0.6) is 11.5 Å². The molecule has 2 aromatic carbocycles. The van der Waals surface area contributed by atoms with Gasteiger partial charge in [-0.2, -0.15) is 4.98 Å². The lowest BCUT2D eigenvalue weighted by atomic mass is 9.97. The lowest BCUT2D eigenvalue weighted by Crippen LogP contribution is -2.46. The molecule has 180 valence electrons. The highest BCUT2D eigenvalue weighted by molar-refractivity contribution is 5.79. The highest BCUT2D eigenvalue weighted by Gasteiger charge is 2.27. The number of benzene rings is 2. The van der Waals surface area contributed by atoms with Crippen LogP contribution in [0.25, 0.3) is 11.4 Å². The first-order valence-corrected chi connectivity index (χ1v) is 11.7. The number of likely N-dealkylation sites (tertiary alicyclic amines) is 1. The predicted octanol–water partition coefficient (Wildman–Crippen LogP) is 3.85. The van der Waals surface area contributed by atoms with Crippen molar-refractivity contribution in [1.29, 1.82) is 0 Å². The highest BCUT2D eigenvalue weighted by atomic mass is 16.5. The summed E-state index contributed by atoms with van der Waals surface area (Å²) in [6.07, 6.45) is 1.81. The Labute approximate surface area is 200 Å². The Morgan fingerprint density at radius 1 is 1.24 bits per heavy atom. The van der Waals surface area contributed by atoms with Crippen molar-refractivity contribution in [3.05, 3.63) is 60.0 Å². The topological polar surface area (TPSA) is 89.7 Å². The van der Waals surface area contributed by atoms with Crippen LogP contribution < -0.4 is 14.8 Å². The Morgan fingerprint density at radius 3 is 2.85 bits per heavy atom. The van der Waals surface area contributed by atoms with E-state index in [4.69, 9.17) is 14.0 Å². The van der Waals surface area contributed by atoms with Crippen LogP contribution >= 0.6 is 0 Å². The molecule has 1 aromatic heterocycles. The maximum absolute atomic E-state index is 12.9. The van der Waals surface area contributed by atoms with Crippen molar-refractivity contribution in [2.24, 2.45) is 5.92 Å². The van der Waals surface area contributed by atoms with Gasteiger partial charge in [-0.05, 0) is 51.4 Å². The quantitative estimate of drug-likeness (QED) is 0.514. The fourth-order valence-electron chi connectivity index (χ4n) is 4.18. The first-order valence-electron chi connectivity index (χ1n) is 11.7. The summed E-state index contributed by atoms with van der Waals surface area (Å²) in [4.78, 5) is 19.7. The standard InChI is InChI=1S/C26H32N4O4/c1-18-8-6-9-20(14-18)25-28-24(34-29-25)16-30-13-7-10-21(15-30)26(31)27-19(2)17-33-23-12-5-4-11-22(23)32-3/h4-6,8-9,11-12,14,19,21H,7,10,13,15-17H2,1-3H3,(H,27,31). The van der Waals surface area contributed by atoms with Crippen LogP contribution in [0.2, 0.25) is 0 Å². The van der Waals surface area contributed by atoms with Crippen LogP contribution in [0.3, 0.4) is 0 Å². The number of hydrogen-bond donors (Lipinski definition) is 1. The molecule has 8 heteroatoms. The Bertz CT molecular complexity index is 1100. The zero-order chi connectivity index (χ0) is 23.9. The number of aromatic nitrogens is 2. The van der Waals surface area contributed by atoms with Crippen molar-refractivity contribution in [3.63, 3.8) is 0 Å². The molecule has 1 saturated heterocycles. The summed E-state index contributed by atoms with van der Waals surface area (Å²) in [5.74, 6) is 2.47. The Morgan fingerprint density at radius 2 is 2.06 bits per heavy atom. The molecule has 0 bridgehead atoms. The molecule has 0 spiro atoms. The van der Waals surface area contributed by atoms with Crippen molar-refractivity contribution in [3.8, 4) is 22.9 Å². The van der Waals surface area contributed by atoms with Gasteiger partial charge in [-0.15, -0.1) is 0 Å². The number of nitrogens with one attached hydrogen (secondary N) is 1. The van der Waals surface area contributed by atoms with Crippen molar-refractivity contribution >= 4 is 5.91 Å². The largest absolute Gasteiger partial charge is 0.493 e. The van der Waals surface area contributed by atoms with E-state index in [0.29, 0.717) is 42.9 Å². The number of methoxy groups -OCH3 is 1. The maximum Gasteiger partial charge on any atom is 0.241 e. The molecule has 2 heterocycles. The summed E-state index contributed by atoms with van der Waals surface area (Å²) in [5, 5.41) is 7.22. The van der Waals surface area contributed by atoms with Gasteiger partial charge in [0.1, 0.15) is 6.61 Å². The minimum atomic E-state index is -0.124. The van der Waals surface area contributed by atoms with Crippen LogP contribution in [0.4, 0.5) is 0 Å². The number of carbonyl (C=O) groups is 1. The molecule has 34 heavy (non-hydrogen) atoms. The van der Waals surface area contributed by atoms with Gasteiger partial charge in [-0.1, -0.05) is 41.1 Å². The molecule has 4 rings (SSSR count). The van der Waals surface area contributed by atoms with E-state index in [1.807, 2.05) is 62.4 Å². The van der Waals surface area contributed by atoms with E-state index in [0.717, 1.165) is 30.5 Å². The molecule has 0 radical (unpaired) electrons. The number of nitrogens with zero attached hydrogens (tertiary/aromatic N) is 3. The molecule has 1 N–H and O–H groups in total. The third kappa shape index (κ3) is 6.14. The van der Waals surface area contributed by atoms with Gasteiger partial charge >= 0.3 is 0 Å². The van der Waals surface area contributed by atoms with Gasteiger partial charge < -0.3 is 19.3 Å². The zero-order valence-corrected chi connectivity index (χ0v) is 20.0. The Kier molecular flexibility index (Phi) is 7.80. The van der Waals surface area contributed by atoms with Crippen LogP contribution in [0.15, 0.2) is 53.1 Å². The van der Waals surface area contributed by atoms with Gasteiger partial charge in [0.2, 0.25) is 17.6 Å². The summed E-state index contributed by atoms with van der Waals surface area (Å²) in [6.45, 7) is 6.45. The van der Waals surface area contributed by atoms with Crippen molar-refractivity contribution in [2.75, 3.05) is 26.8 Å². The molecule has 1 fully saturated rings. The second kappa shape index (κ2) is 11.2. The van der Waals surface area contributed by atoms with Crippen molar-refractivity contribution in [1.82, 2.24) is 20.4 Å². The smallest absolute Gasteiger partial charge is 0.241 e. The number of hydrogen-bond acceptors (Lipinski definition) is 7. The number of rotatable bonds is 9. The summed E-state index contributed by atoms with van der Waals surface area (Å²) < 4.78 is 16.6. The van der Waals surface area contributed by atoms with Crippen molar-refractivity contribution < 1.29 is 18.8 Å². The Hall–Kier alpha value is -3.39. The summed E-state index contributed by atoms with van der Waals surface area (Å²) in [6, 6.07) is 15.4. The maximum atomic E-state index is 12.9. The SMILES string of the molecule is COc1ccccc1OCC(C)NC(=O)C1CCCN(Cc2nc(-c3cccc(C)c3)no2)C1. The molecule has 1 aliphatic rings. The average molecular weight is 465 g/mol. The number of piperidine rings is 1. The van der Waals surface area contributed by atoms with E-state index >= 15 is 0 Å². The van der Waals surface area contributed by atoms with Gasteiger partial charge in [0.05, 0.1) is 25.6 Å². The summed E-state index contributed by atoms with van der Waals surface area (Å²) >= 11 is 0. The predicted molar refractivity (Wildman–Crippen MR) is 129 cm³/mol. The monoisotopic (exact) mass is 464 g/mol. The number of ether oxygens (including phenoxy) is 2. The van der Waals surface area contributed by atoms with E-state index in [2.05, 4.69) is 20.4 Å². The summed E-state index contributed by atoms with van der Waals surface area (Å²) in [7, 11) is 1.61. The van der Waals surface area contributed by atoms with Gasteiger partial charge in [0.15, 0.2) is 11.5 Å². The number of carbonyl (C=O) groups excluding carboxylic acids is 1. The van der Waals surface area contributed by atoms with Gasteiger partial charge in [0, 0.05) is 12.1 Å². The fourth-order valence-corrected chi connectivity index (χ4v) is 4.18. The zero-order valence-electron chi connectivity index (χ0n) is 20.0. The average Bonchev–Trinajstić information content (AvgIpc) is 3.31. The first kappa shape index (κ1) is 23.8. The second-order valence-corrected chi connectivity index (χ2v) is 8.83. The molecule has 3 aromatic rings. The number of para-hydroxylation sites is 2. The van der Waals surface area contributed by atoms with E-state index in [-0.39, 0.29) is 17.9 Å². The van der Waals surface area contributed by atoms with Gasteiger partial charge in [-0.25, -0.2) is 0 Å². The third-order valence-electron chi connectivity index (χ3n) is 5.93. The van der Waals surface area contributed by atoms with E-state index < -0.39 is 0 Å². The molecular weight excluding hydrogens is 432 g/mol. The van der Waals surface area contributed by atoms with Crippen LogP contribution in [-0.4, -0.2) is 53.8 Å². The molecule has 0 aliphatic carbocycles. The van der Waals surface area contributed by atoms with Crippen LogP contribution in [0, 0.1) is 12.8 Å². The minimum absolute atomic E-state index is 0.0480. The normalized spacial score (nSPS) is 17.2. The number of aryl methyl sites for hydroxylation is 1. The van der Waals surface area contributed by atoms with Crippen LogP contribution in [-0.2, 0) is 11.3 Å². The molecule has 2 unspecified atom stereocenters.